The van der Waals surface area contributed by atoms with E-state index in [1.807, 2.05) is 36.4 Å². The second-order valence-electron chi connectivity index (χ2n) is 7.49. The Morgan fingerprint density at radius 2 is 1.36 bits per heavy atom. The van der Waals surface area contributed by atoms with E-state index < -0.39 is 0 Å². The molecule has 3 heteroatoms. The molecule has 0 aromatic heterocycles. The average Bonchev–Trinajstić information content (AvgIpc) is 2.60. The van der Waals surface area contributed by atoms with Gasteiger partial charge in [-0.05, 0) is 61.1 Å². The van der Waals surface area contributed by atoms with Crippen LogP contribution < -0.4 is 4.74 Å². The third kappa shape index (κ3) is 6.99. The zero-order valence-corrected chi connectivity index (χ0v) is 15.7. The summed E-state index contributed by atoms with van der Waals surface area (Å²) >= 11 is 0. The summed E-state index contributed by atoms with van der Waals surface area (Å²) < 4.78 is 6.88. The normalized spacial score (nSPS) is 11.1. The average molecular weight is 337 g/mol. The van der Waals surface area contributed by atoms with Gasteiger partial charge in [-0.2, -0.15) is 5.26 Å². The molecule has 0 atom stereocenters. The molecule has 0 saturated heterocycles. The lowest BCUT2D eigenvalue weighted by Crippen LogP contribution is -2.35. The smallest absolute Gasteiger partial charge is 0.119 e. The standard InChI is InChI=1S/C22H29N2O/c1-24(2,3)16-6-4-5-7-17-25-22-14-12-21(13-15-22)20-10-8-19(18-23)9-11-20/h8-15H,4-7,16-17H2,1-3H3/q+1. The van der Waals surface area contributed by atoms with Gasteiger partial charge in [-0.15, -0.1) is 0 Å². The molecule has 0 aliphatic carbocycles. The van der Waals surface area contributed by atoms with Crippen LogP contribution in [-0.4, -0.2) is 38.8 Å². The Labute approximate surface area is 152 Å². The summed E-state index contributed by atoms with van der Waals surface area (Å²) in [6.07, 6.45) is 4.89. The molecule has 0 amide bonds. The molecule has 0 spiro atoms. The fourth-order valence-corrected chi connectivity index (χ4v) is 2.71. The van der Waals surface area contributed by atoms with Crippen molar-refractivity contribution in [1.29, 1.82) is 5.26 Å². The summed E-state index contributed by atoms with van der Waals surface area (Å²) in [7, 11) is 6.72. The zero-order chi connectivity index (χ0) is 18.1. The summed E-state index contributed by atoms with van der Waals surface area (Å²) in [5.74, 6) is 0.920. The number of nitriles is 1. The third-order valence-corrected chi connectivity index (χ3v) is 4.19. The zero-order valence-electron chi connectivity index (χ0n) is 15.7. The molecule has 0 aliphatic heterocycles. The third-order valence-electron chi connectivity index (χ3n) is 4.19. The van der Waals surface area contributed by atoms with Crippen LogP contribution in [0.1, 0.15) is 31.2 Å². The van der Waals surface area contributed by atoms with E-state index in [0.29, 0.717) is 5.56 Å². The van der Waals surface area contributed by atoms with E-state index in [9.17, 15) is 0 Å². The number of quaternary nitrogens is 1. The van der Waals surface area contributed by atoms with Crippen molar-refractivity contribution >= 4 is 0 Å². The van der Waals surface area contributed by atoms with Crippen molar-refractivity contribution in [2.24, 2.45) is 0 Å². The van der Waals surface area contributed by atoms with Gasteiger partial charge in [-0.3, -0.25) is 0 Å². The van der Waals surface area contributed by atoms with Crippen LogP contribution in [0.2, 0.25) is 0 Å². The Balaban J connectivity index is 1.71. The topological polar surface area (TPSA) is 33.0 Å². The number of unbranched alkanes of at least 4 members (excludes halogenated alkanes) is 3. The molecule has 0 saturated carbocycles. The van der Waals surface area contributed by atoms with Crippen LogP contribution in [0.25, 0.3) is 11.1 Å². The molecule has 0 unspecified atom stereocenters. The minimum atomic E-state index is 0.685. The van der Waals surface area contributed by atoms with Crippen molar-refractivity contribution < 1.29 is 9.22 Å². The maximum Gasteiger partial charge on any atom is 0.119 e. The van der Waals surface area contributed by atoms with E-state index in [0.717, 1.165) is 34.4 Å². The van der Waals surface area contributed by atoms with Gasteiger partial charge in [0, 0.05) is 0 Å². The molecule has 2 aromatic carbocycles. The van der Waals surface area contributed by atoms with Gasteiger partial charge in [-0.1, -0.05) is 24.3 Å². The second-order valence-corrected chi connectivity index (χ2v) is 7.49. The number of benzene rings is 2. The first-order valence-corrected chi connectivity index (χ1v) is 9.02. The van der Waals surface area contributed by atoms with Gasteiger partial charge in [0.1, 0.15) is 5.75 Å². The Morgan fingerprint density at radius 3 is 1.92 bits per heavy atom. The highest BCUT2D eigenvalue weighted by atomic mass is 16.5. The van der Waals surface area contributed by atoms with Crippen molar-refractivity contribution in [2.45, 2.75) is 25.7 Å². The van der Waals surface area contributed by atoms with Gasteiger partial charge in [0.25, 0.3) is 0 Å². The Hall–Kier alpha value is -2.31. The number of hydrogen-bond acceptors (Lipinski definition) is 2. The number of ether oxygens (including phenoxy) is 1. The van der Waals surface area contributed by atoms with Crippen molar-refractivity contribution in [2.75, 3.05) is 34.3 Å². The molecule has 132 valence electrons. The largest absolute Gasteiger partial charge is 0.494 e. The van der Waals surface area contributed by atoms with Gasteiger partial charge >= 0.3 is 0 Å². The van der Waals surface area contributed by atoms with Crippen LogP contribution in [0, 0.1) is 11.3 Å². The molecule has 2 aromatic rings. The van der Waals surface area contributed by atoms with E-state index >= 15 is 0 Å². The highest BCUT2D eigenvalue weighted by molar-refractivity contribution is 5.64. The molecule has 0 bridgehead atoms. The maximum atomic E-state index is 8.85. The van der Waals surface area contributed by atoms with Gasteiger partial charge < -0.3 is 9.22 Å². The molecule has 0 heterocycles. The monoisotopic (exact) mass is 337 g/mol. The Morgan fingerprint density at radius 1 is 0.800 bits per heavy atom. The number of hydrogen-bond donors (Lipinski definition) is 0. The maximum absolute atomic E-state index is 8.85. The lowest BCUT2D eigenvalue weighted by Gasteiger charge is -2.23. The van der Waals surface area contributed by atoms with E-state index in [-0.39, 0.29) is 0 Å². The molecule has 25 heavy (non-hydrogen) atoms. The summed E-state index contributed by atoms with van der Waals surface area (Å²) in [5, 5.41) is 8.85. The van der Waals surface area contributed by atoms with Crippen LogP contribution in [-0.2, 0) is 0 Å². The van der Waals surface area contributed by atoms with E-state index in [1.54, 1.807) is 0 Å². The van der Waals surface area contributed by atoms with Crippen LogP contribution in [0.4, 0.5) is 0 Å². The predicted octanol–water partition coefficient (Wildman–Crippen LogP) is 4.87. The quantitative estimate of drug-likeness (QED) is 0.483. The van der Waals surface area contributed by atoms with E-state index in [2.05, 4.69) is 39.3 Å². The predicted molar refractivity (Wildman–Crippen MR) is 103 cm³/mol. The molecule has 0 radical (unpaired) electrons. The van der Waals surface area contributed by atoms with Crippen LogP contribution in [0.5, 0.6) is 5.75 Å². The minimum absolute atomic E-state index is 0.685. The van der Waals surface area contributed by atoms with Gasteiger partial charge in [0.2, 0.25) is 0 Å². The highest BCUT2D eigenvalue weighted by Gasteiger charge is 2.05. The lowest BCUT2D eigenvalue weighted by atomic mass is 10.0. The molecule has 3 nitrogen and oxygen atoms in total. The number of rotatable bonds is 9. The molecular weight excluding hydrogens is 308 g/mol. The molecule has 0 N–H and O–H groups in total. The Bertz CT molecular complexity index is 676. The van der Waals surface area contributed by atoms with Gasteiger partial charge in [-0.25, -0.2) is 0 Å². The molecule has 0 fully saturated rings. The summed E-state index contributed by atoms with van der Waals surface area (Å²) in [4.78, 5) is 0. The first kappa shape index (κ1) is 19.0. The van der Waals surface area contributed by atoms with Crippen molar-refractivity contribution in [3.63, 3.8) is 0 Å². The molecule has 2 rings (SSSR count). The fraction of sp³-hybridized carbons (Fsp3) is 0.409. The van der Waals surface area contributed by atoms with Crippen molar-refractivity contribution in [3.8, 4) is 22.9 Å². The summed E-state index contributed by atoms with van der Waals surface area (Å²) in [5.41, 5.74) is 2.94. The van der Waals surface area contributed by atoms with E-state index in [4.69, 9.17) is 10.00 Å². The number of nitrogens with zero attached hydrogens (tertiary/aromatic N) is 2. The van der Waals surface area contributed by atoms with Crippen LogP contribution >= 0.6 is 0 Å². The van der Waals surface area contributed by atoms with Crippen LogP contribution in [0.3, 0.4) is 0 Å². The Kier molecular flexibility index (Phi) is 7.03. The summed E-state index contributed by atoms with van der Waals surface area (Å²) in [6.45, 7) is 2.01. The van der Waals surface area contributed by atoms with Gasteiger partial charge in [0.15, 0.2) is 0 Å². The van der Waals surface area contributed by atoms with Crippen molar-refractivity contribution in [3.05, 3.63) is 54.1 Å². The van der Waals surface area contributed by atoms with Crippen molar-refractivity contribution in [1.82, 2.24) is 0 Å². The minimum Gasteiger partial charge on any atom is -0.494 e. The van der Waals surface area contributed by atoms with Crippen LogP contribution in [0.15, 0.2) is 48.5 Å². The first-order chi connectivity index (χ1) is 12.0. The molecular formula is C22H29N2O+. The molecule has 0 aliphatic rings. The second kappa shape index (κ2) is 9.25. The fourth-order valence-electron chi connectivity index (χ4n) is 2.71. The highest BCUT2D eigenvalue weighted by Crippen LogP contribution is 2.23. The van der Waals surface area contributed by atoms with E-state index in [1.165, 1.54) is 25.8 Å². The first-order valence-electron chi connectivity index (χ1n) is 9.02. The van der Waals surface area contributed by atoms with Gasteiger partial charge in [0.05, 0.1) is 45.9 Å². The SMILES string of the molecule is C[N+](C)(C)CCCCCCOc1ccc(-c2ccc(C#N)cc2)cc1. The summed E-state index contributed by atoms with van der Waals surface area (Å²) in [6, 6.07) is 18.0. The lowest BCUT2D eigenvalue weighted by molar-refractivity contribution is -0.870.